The summed E-state index contributed by atoms with van der Waals surface area (Å²) in [6.45, 7) is 0.758. The number of nitriles is 1. The molecule has 0 saturated heterocycles. The number of sulfonamides is 1. The number of nitrogens with one attached hydrogen (secondary N) is 1. The summed E-state index contributed by atoms with van der Waals surface area (Å²) in [4.78, 5) is 0.0801. The molecule has 0 aromatic heterocycles. The van der Waals surface area contributed by atoms with E-state index >= 15 is 0 Å². The topological polar surface area (TPSA) is 97.7 Å². The molecule has 3 rings (SSSR count). The number of benzene rings is 2. The van der Waals surface area contributed by atoms with Crippen LogP contribution in [0.2, 0.25) is 0 Å². The van der Waals surface area contributed by atoms with Crippen molar-refractivity contribution in [3.63, 3.8) is 0 Å². The van der Waals surface area contributed by atoms with Gasteiger partial charge in [0.15, 0.2) is 18.1 Å². The quantitative estimate of drug-likeness (QED) is 0.891. The lowest BCUT2D eigenvalue weighted by Gasteiger charge is -2.19. The van der Waals surface area contributed by atoms with E-state index in [2.05, 4.69) is 4.72 Å². The van der Waals surface area contributed by atoms with E-state index in [1.165, 1.54) is 12.1 Å². The molecule has 7 nitrogen and oxygen atoms in total. The summed E-state index contributed by atoms with van der Waals surface area (Å²) in [5.41, 5.74) is 0.384. The van der Waals surface area contributed by atoms with Crippen LogP contribution in [0.5, 0.6) is 17.2 Å². The molecule has 24 heavy (non-hydrogen) atoms. The van der Waals surface area contributed by atoms with Crippen molar-refractivity contribution in [3.8, 4) is 23.3 Å². The maximum atomic E-state index is 12.5. The number of ether oxygens (including phenoxy) is 3. The Morgan fingerprint density at radius 1 is 1.08 bits per heavy atom. The zero-order chi connectivity index (χ0) is 17.0. The van der Waals surface area contributed by atoms with Crippen molar-refractivity contribution in [2.75, 3.05) is 24.5 Å². The Morgan fingerprint density at radius 3 is 2.50 bits per heavy atom. The van der Waals surface area contributed by atoms with Gasteiger partial charge in [-0.2, -0.15) is 5.26 Å². The number of hydrogen-bond acceptors (Lipinski definition) is 6. The standard InChI is InChI=1S/C16H14N2O5S/c17-7-8-21-13-3-1-12(2-4-13)18-24(19,20)14-5-6-15-16(11-14)23-10-9-22-15/h1-6,11,18H,8-10H2. The van der Waals surface area contributed by atoms with E-state index in [9.17, 15) is 8.42 Å². The van der Waals surface area contributed by atoms with Crippen LogP contribution in [0.15, 0.2) is 47.4 Å². The highest BCUT2D eigenvalue weighted by atomic mass is 32.2. The molecule has 0 spiro atoms. The van der Waals surface area contributed by atoms with Crippen LogP contribution in [-0.2, 0) is 10.0 Å². The van der Waals surface area contributed by atoms with Crippen LogP contribution < -0.4 is 18.9 Å². The first kappa shape index (κ1) is 16.0. The lowest BCUT2D eigenvalue weighted by molar-refractivity contribution is 0.171. The van der Waals surface area contributed by atoms with Gasteiger partial charge in [-0.1, -0.05) is 0 Å². The molecule has 8 heteroatoms. The molecule has 0 fully saturated rings. The molecule has 1 N–H and O–H groups in total. The average molecular weight is 346 g/mol. The molecule has 0 amide bonds. The van der Waals surface area contributed by atoms with Crippen molar-refractivity contribution >= 4 is 15.7 Å². The van der Waals surface area contributed by atoms with E-state index in [0.29, 0.717) is 36.1 Å². The number of anilines is 1. The summed E-state index contributed by atoms with van der Waals surface area (Å²) in [7, 11) is -3.76. The molecule has 2 aromatic rings. The molecule has 1 aliphatic heterocycles. The minimum Gasteiger partial charge on any atom is -0.486 e. The van der Waals surface area contributed by atoms with Gasteiger partial charge in [0.2, 0.25) is 0 Å². The van der Waals surface area contributed by atoms with E-state index in [0.717, 1.165) is 0 Å². The fraction of sp³-hybridized carbons (Fsp3) is 0.188. The number of hydrogen-bond donors (Lipinski definition) is 1. The van der Waals surface area contributed by atoms with Crippen LogP contribution in [-0.4, -0.2) is 28.2 Å². The van der Waals surface area contributed by atoms with Crippen molar-refractivity contribution in [1.82, 2.24) is 0 Å². The summed E-state index contributed by atoms with van der Waals surface area (Å²) < 4.78 is 43.3. The molecular weight excluding hydrogens is 332 g/mol. The summed E-state index contributed by atoms with van der Waals surface area (Å²) in [5, 5.41) is 8.46. The van der Waals surface area contributed by atoms with Crippen LogP contribution in [0.3, 0.4) is 0 Å². The second kappa shape index (κ2) is 6.68. The summed E-state index contributed by atoms with van der Waals surface area (Å²) in [6, 6.07) is 12.6. The van der Waals surface area contributed by atoms with Gasteiger partial charge in [-0.25, -0.2) is 8.42 Å². The Morgan fingerprint density at radius 2 is 1.79 bits per heavy atom. The second-order valence-corrected chi connectivity index (χ2v) is 6.56. The van der Waals surface area contributed by atoms with Crippen molar-refractivity contribution in [3.05, 3.63) is 42.5 Å². The Hall–Kier alpha value is -2.92. The third kappa shape index (κ3) is 3.52. The molecule has 0 aliphatic carbocycles. The molecular formula is C16H14N2O5S. The first-order valence-corrected chi connectivity index (χ1v) is 8.59. The highest BCUT2D eigenvalue weighted by molar-refractivity contribution is 7.92. The van der Waals surface area contributed by atoms with Gasteiger partial charge in [0, 0.05) is 11.8 Å². The number of fused-ring (bicyclic) bond motifs is 1. The van der Waals surface area contributed by atoms with Crippen molar-refractivity contribution in [2.24, 2.45) is 0 Å². The van der Waals surface area contributed by atoms with E-state index in [4.69, 9.17) is 19.5 Å². The third-order valence-electron chi connectivity index (χ3n) is 3.23. The van der Waals surface area contributed by atoms with Gasteiger partial charge >= 0.3 is 0 Å². The second-order valence-electron chi connectivity index (χ2n) is 4.88. The van der Waals surface area contributed by atoms with Crippen LogP contribution in [0.4, 0.5) is 5.69 Å². The van der Waals surface area contributed by atoms with Gasteiger partial charge in [0.1, 0.15) is 25.0 Å². The maximum absolute atomic E-state index is 12.5. The molecule has 0 unspecified atom stereocenters. The van der Waals surface area contributed by atoms with Gasteiger partial charge in [0.25, 0.3) is 10.0 Å². The van der Waals surface area contributed by atoms with Gasteiger partial charge in [-0.3, -0.25) is 4.72 Å². The van der Waals surface area contributed by atoms with Gasteiger partial charge < -0.3 is 14.2 Å². The van der Waals surface area contributed by atoms with E-state index in [1.807, 2.05) is 6.07 Å². The van der Waals surface area contributed by atoms with Crippen LogP contribution in [0.25, 0.3) is 0 Å². The summed E-state index contributed by atoms with van der Waals surface area (Å²) in [6.07, 6.45) is 0. The lowest BCUT2D eigenvalue weighted by Crippen LogP contribution is -2.17. The first-order valence-electron chi connectivity index (χ1n) is 7.11. The van der Waals surface area contributed by atoms with Gasteiger partial charge in [-0.15, -0.1) is 0 Å². The number of nitrogens with zero attached hydrogens (tertiary/aromatic N) is 1. The molecule has 0 radical (unpaired) electrons. The lowest BCUT2D eigenvalue weighted by atomic mass is 10.3. The molecule has 2 aromatic carbocycles. The largest absolute Gasteiger partial charge is 0.486 e. The summed E-state index contributed by atoms with van der Waals surface area (Å²) >= 11 is 0. The monoisotopic (exact) mass is 346 g/mol. The SMILES string of the molecule is N#CCOc1ccc(NS(=O)(=O)c2ccc3c(c2)OCCO3)cc1. The van der Waals surface area contributed by atoms with E-state index < -0.39 is 10.0 Å². The Balaban J connectivity index is 1.77. The fourth-order valence-corrected chi connectivity index (χ4v) is 3.21. The van der Waals surface area contributed by atoms with E-state index in [-0.39, 0.29) is 11.5 Å². The molecule has 1 aliphatic rings. The predicted octanol–water partition coefficient (Wildman–Crippen LogP) is 2.16. The van der Waals surface area contributed by atoms with Crippen molar-refractivity contribution in [1.29, 1.82) is 5.26 Å². The minimum absolute atomic E-state index is 0.0672. The zero-order valence-corrected chi connectivity index (χ0v) is 13.4. The highest BCUT2D eigenvalue weighted by Crippen LogP contribution is 2.32. The predicted molar refractivity (Wildman–Crippen MR) is 85.8 cm³/mol. The fourth-order valence-electron chi connectivity index (χ4n) is 2.14. The Kier molecular flexibility index (Phi) is 4.44. The summed E-state index contributed by atoms with van der Waals surface area (Å²) in [5.74, 6) is 1.42. The third-order valence-corrected chi connectivity index (χ3v) is 4.61. The molecule has 0 atom stereocenters. The van der Waals surface area contributed by atoms with Gasteiger partial charge in [-0.05, 0) is 36.4 Å². The molecule has 0 saturated carbocycles. The highest BCUT2D eigenvalue weighted by Gasteiger charge is 2.19. The van der Waals surface area contributed by atoms with Gasteiger partial charge in [0.05, 0.1) is 4.90 Å². The van der Waals surface area contributed by atoms with Crippen LogP contribution >= 0.6 is 0 Å². The molecule has 1 heterocycles. The maximum Gasteiger partial charge on any atom is 0.262 e. The average Bonchev–Trinajstić information content (AvgIpc) is 2.60. The Labute approximate surface area is 139 Å². The smallest absolute Gasteiger partial charge is 0.262 e. The van der Waals surface area contributed by atoms with Crippen LogP contribution in [0.1, 0.15) is 0 Å². The van der Waals surface area contributed by atoms with Crippen LogP contribution in [0, 0.1) is 11.3 Å². The number of rotatable bonds is 5. The van der Waals surface area contributed by atoms with Crippen molar-refractivity contribution < 1.29 is 22.6 Å². The zero-order valence-electron chi connectivity index (χ0n) is 12.6. The molecule has 124 valence electrons. The molecule has 0 bridgehead atoms. The minimum atomic E-state index is -3.76. The van der Waals surface area contributed by atoms with E-state index in [1.54, 1.807) is 30.3 Å². The van der Waals surface area contributed by atoms with Crippen molar-refractivity contribution in [2.45, 2.75) is 4.90 Å². The normalized spacial score (nSPS) is 13.0. The first-order chi connectivity index (χ1) is 11.6. The Bertz CT molecular complexity index is 872.